The van der Waals surface area contributed by atoms with Crippen LogP contribution < -0.4 is 10.6 Å². The molecule has 2 aromatic rings. The second-order valence-electron chi connectivity index (χ2n) is 5.60. The van der Waals surface area contributed by atoms with Gasteiger partial charge in [-0.05, 0) is 36.4 Å². The quantitative estimate of drug-likeness (QED) is 0.286. The number of aliphatic imine (C=N–C) groups is 1. The molecular weight excluding hydrogens is 433 g/mol. The second kappa shape index (κ2) is 10.6. The van der Waals surface area contributed by atoms with Crippen LogP contribution >= 0.6 is 35.3 Å². The molecule has 2 aromatic heterocycles. The van der Waals surface area contributed by atoms with Crippen molar-refractivity contribution in [2.24, 2.45) is 4.99 Å². The first-order chi connectivity index (χ1) is 11.4. The smallest absolute Gasteiger partial charge is 0.191 e. The molecule has 0 spiro atoms. The van der Waals surface area contributed by atoms with Crippen LogP contribution in [0, 0.1) is 0 Å². The highest BCUT2D eigenvalue weighted by Crippen LogP contribution is 2.10. The molecule has 0 aromatic carbocycles. The van der Waals surface area contributed by atoms with E-state index < -0.39 is 0 Å². The summed E-state index contributed by atoms with van der Waals surface area (Å²) in [6.45, 7) is 1.62. The summed E-state index contributed by atoms with van der Waals surface area (Å²) in [5.74, 6) is 1.90. The first-order valence-electron chi connectivity index (χ1n) is 8.15. The third-order valence-corrected chi connectivity index (χ3v) is 4.74. The molecule has 0 saturated heterocycles. The lowest BCUT2D eigenvalue weighted by Crippen LogP contribution is -2.43. The Morgan fingerprint density at radius 3 is 2.79 bits per heavy atom. The summed E-state index contributed by atoms with van der Waals surface area (Å²) >= 11 is 1.79. The van der Waals surface area contributed by atoms with Gasteiger partial charge in [-0.1, -0.05) is 18.2 Å². The van der Waals surface area contributed by atoms with Crippen LogP contribution in [0.5, 0.6) is 0 Å². The van der Waals surface area contributed by atoms with Gasteiger partial charge in [-0.3, -0.25) is 4.99 Å². The average molecular weight is 457 g/mol. The van der Waals surface area contributed by atoms with E-state index in [0.29, 0.717) is 6.04 Å². The molecule has 0 bridgehead atoms. The molecule has 0 saturated carbocycles. The Balaban J connectivity index is 0.00000208. The minimum absolute atomic E-state index is 0. The number of nitrogens with zero attached hydrogens (tertiary/aromatic N) is 1. The van der Waals surface area contributed by atoms with Gasteiger partial charge >= 0.3 is 0 Å². The van der Waals surface area contributed by atoms with Crippen molar-refractivity contribution in [3.05, 3.63) is 58.7 Å². The van der Waals surface area contributed by atoms with Crippen molar-refractivity contribution in [2.75, 3.05) is 13.1 Å². The van der Waals surface area contributed by atoms with Crippen molar-refractivity contribution < 1.29 is 4.42 Å². The molecule has 3 rings (SSSR count). The van der Waals surface area contributed by atoms with Crippen LogP contribution in [-0.4, -0.2) is 25.1 Å². The molecule has 0 fully saturated rings. The van der Waals surface area contributed by atoms with E-state index in [0.717, 1.165) is 50.5 Å². The Bertz CT molecular complexity index is 615. The summed E-state index contributed by atoms with van der Waals surface area (Å²) in [4.78, 5) is 6.10. The molecule has 0 radical (unpaired) electrons. The molecule has 130 valence electrons. The minimum Gasteiger partial charge on any atom is -0.469 e. The zero-order valence-corrected chi connectivity index (χ0v) is 16.8. The van der Waals surface area contributed by atoms with Crippen molar-refractivity contribution in [1.82, 2.24) is 10.6 Å². The Morgan fingerprint density at radius 2 is 2.08 bits per heavy atom. The number of thiophene rings is 1. The summed E-state index contributed by atoms with van der Waals surface area (Å²) < 4.78 is 5.37. The summed E-state index contributed by atoms with van der Waals surface area (Å²) in [7, 11) is 0. The predicted molar refractivity (Wildman–Crippen MR) is 111 cm³/mol. The second-order valence-corrected chi connectivity index (χ2v) is 6.63. The Labute approximate surface area is 164 Å². The summed E-state index contributed by atoms with van der Waals surface area (Å²) in [5, 5.41) is 9.06. The third kappa shape index (κ3) is 6.32. The first-order valence-corrected chi connectivity index (χ1v) is 9.03. The van der Waals surface area contributed by atoms with Gasteiger partial charge in [0.05, 0.1) is 6.26 Å². The number of hydrogen-bond acceptors (Lipinski definition) is 3. The van der Waals surface area contributed by atoms with Gasteiger partial charge in [0.2, 0.25) is 0 Å². The van der Waals surface area contributed by atoms with E-state index in [1.54, 1.807) is 17.6 Å². The van der Waals surface area contributed by atoms with E-state index in [9.17, 15) is 0 Å². The van der Waals surface area contributed by atoms with Crippen LogP contribution in [0.3, 0.4) is 0 Å². The van der Waals surface area contributed by atoms with Crippen molar-refractivity contribution in [1.29, 1.82) is 0 Å². The third-order valence-electron chi connectivity index (χ3n) is 3.80. The lowest BCUT2D eigenvalue weighted by atomic mass is 10.2. The van der Waals surface area contributed by atoms with Gasteiger partial charge in [0, 0.05) is 36.9 Å². The molecule has 0 aliphatic heterocycles. The first kappa shape index (κ1) is 19.1. The predicted octanol–water partition coefficient (Wildman–Crippen LogP) is 4.00. The van der Waals surface area contributed by atoms with Crippen LogP contribution in [0.25, 0.3) is 0 Å². The van der Waals surface area contributed by atoms with Crippen LogP contribution in [0.2, 0.25) is 0 Å². The molecule has 4 nitrogen and oxygen atoms in total. The largest absolute Gasteiger partial charge is 0.469 e. The summed E-state index contributed by atoms with van der Waals surface area (Å²) in [5.41, 5.74) is 0. The molecule has 1 aliphatic rings. The lowest BCUT2D eigenvalue weighted by molar-refractivity contribution is 0.506. The number of nitrogens with one attached hydrogen (secondary N) is 2. The van der Waals surface area contributed by atoms with Crippen LogP contribution in [-0.2, 0) is 12.8 Å². The highest BCUT2D eigenvalue weighted by molar-refractivity contribution is 14.0. The van der Waals surface area contributed by atoms with E-state index in [1.807, 2.05) is 12.1 Å². The highest BCUT2D eigenvalue weighted by atomic mass is 127. The van der Waals surface area contributed by atoms with Gasteiger partial charge in [-0.15, -0.1) is 35.3 Å². The van der Waals surface area contributed by atoms with Gasteiger partial charge in [0.15, 0.2) is 5.96 Å². The number of guanidine groups is 1. The van der Waals surface area contributed by atoms with Crippen molar-refractivity contribution in [3.8, 4) is 0 Å². The van der Waals surface area contributed by atoms with Gasteiger partial charge < -0.3 is 15.1 Å². The molecule has 1 aliphatic carbocycles. The Kier molecular flexibility index (Phi) is 8.38. The van der Waals surface area contributed by atoms with Gasteiger partial charge in [0.25, 0.3) is 0 Å². The van der Waals surface area contributed by atoms with E-state index in [1.165, 1.54) is 4.88 Å². The average Bonchev–Trinajstić information content (AvgIpc) is 3.31. The monoisotopic (exact) mass is 457 g/mol. The normalized spacial score (nSPS) is 14.6. The SMILES string of the molecule is C1=CCC(NC(=NCCc2cccs2)NCCc2ccco2)C1.I. The van der Waals surface area contributed by atoms with E-state index in [2.05, 4.69) is 40.3 Å². The highest BCUT2D eigenvalue weighted by Gasteiger charge is 2.11. The van der Waals surface area contributed by atoms with Gasteiger partial charge in [0.1, 0.15) is 5.76 Å². The van der Waals surface area contributed by atoms with E-state index >= 15 is 0 Å². The van der Waals surface area contributed by atoms with E-state index in [4.69, 9.17) is 9.41 Å². The zero-order chi connectivity index (χ0) is 15.7. The zero-order valence-electron chi connectivity index (χ0n) is 13.6. The molecule has 24 heavy (non-hydrogen) atoms. The maximum Gasteiger partial charge on any atom is 0.191 e. The number of furan rings is 1. The maximum atomic E-state index is 5.37. The molecule has 0 unspecified atom stereocenters. The fraction of sp³-hybridized carbons (Fsp3) is 0.389. The summed E-state index contributed by atoms with van der Waals surface area (Å²) in [6.07, 6.45) is 10.2. The van der Waals surface area contributed by atoms with Gasteiger partial charge in [-0.25, -0.2) is 0 Å². The fourth-order valence-electron chi connectivity index (χ4n) is 2.57. The molecular formula is C18H24IN3OS. The molecule has 2 N–H and O–H groups in total. The fourth-order valence-corrected chi connectivity index (χ4v) is 3.27. The van der Waals surface area contributed by atoms with Crippen LogP contribution in [0.15, 0.2) is 57.5 Å². The molecule has 0 amide bonds. The number of rotatable bonds is 7. The number of halogens is 1. The van der Waals surface area contributed by atoms with Crippen LogP contribution in [0.1, 0.15) is 23.5 Å². The molecule has 2 heterocycles. The summed E-state index contributed by atoms with van der Waals surface area (Å²) in [6, 6.07) is 8.65. The maximum absolute atomic E-state index is 5.37. The standard InChI is InChI=1S/C18H23N3OS.HI/c1-2-6-15(5-1)21-18(19-11-9-16-7-3-13-22-16)20-12-10-17-8-4-14-23-17;/h1-4,7-8,13-15H,5-6,9-12H2,(H2,19,20,21);1H. The minimum atomic E-state index is 0. The number of hydrogen-bond donors (Lipinski definition) is 2. The molecule has 0 atom stereocenters. The van der Waals surface area contributed by atoms with Crippen molar-refractivity contribution >= 4 is 41.3 Å². The molecule has 6 heteroatoms. The van der Waals surface area contributed by atoms with Gasteiger partial charge in [-0.2, -0.15) is 0 Å². The van der Waals surface area contributed by atoms with Crippen LogP contribution in [0.4, 0.5) is 0 Å². The Morgan fingerprint density at radius 1 is 1.21 bits per heavy atom. The topological polar surface area (TPSA) is 49.6 Å². The van der Waals surface area contributed by atoms with Crippen molar-refractivity contribution in [3.63, 3.8) is 0 Å². The van der Waals surface area contributed by atoms with Crippen molar-refractivity contribution in [2.45, 2.75) is 31.7 Å². The van der Waals surface area contributed by atoms with E-state index in [-0.39, 0.29) is 24.0 Å². The Hall–Kier alpha value is -1.28. The lowest BCUT2D eigenvalue weighted by Gasteiger charge is -2.17.